The number of aryl methyl sites for hydroxylation is 1. The Balaban J connectivity index is 1.82. The van der Waals surface area contributed by atoms with Crippen molar-refractivity contribution in [3.05, 3.63) is 36.0 Å². The van der Waals surface area contributed by atoms with Crippen molar-refractivity contribution in [2.75, 3.05) is 13.7 Å². The monoisotopic (exact) mass is 331 g/mol. The van der Waals surface area contributed by atoms with E-state index in [0.717, 1.165) is 22.9 Å². The number of hydrogen-bond donors (Lipinski definition) is 2. The minimum Gasteiger partial charge on any atom is -0.469 e. The molecule has 0 radical (unpaired) electrons. The van der Waals surface area contributed by atoms with Gasteiger partial charge in [0.15, 0.2) is 0 Å². The molecule has 0 bridgehead atoms. The fourth-order valence-corrected chi connectivity index (χ4v) is 2.76. The number of carbonyl (C=O) groups excluding carboxylic acids is 2. The maximum Gasteiger partial charge on any atom is 0.305 e. The molecule has 0 unspecified atom stereocenters. The van der Waals surface area contributed by atoms with E-state index in [1.54, 1.807) is 0 Å². The molecule has 1 amide bonds. The fraction of sp³-hybridized carbons (Fsp3) is 0.444. The molecule has 0 aliphatic heterocycles. The first kappa shape index (κ1) is 18.0. The third-order valence-corrected chi connectivity index (χ3v) is 4.09. The number of ether oxygens (including phenoxy) is 1. The van der Waals surface area contributed by atoms with Crippen LogP contribution in [0.5, 0.6) is 0 Å². The Labute approximate surface area is 142 Å². The lowest BCUT2D eigenvalue weighted by Crippen LogP contribution is -2.42. The fourth-order valence-electron chi connectivity index (χ4n) is 2.76. The van der Waals surface area contributed by atoms with E-state index in [9.17, 15) is 9.59 Å². The number of nitrogens with zero attached hydrogens (tertiary/aromatic N) is 1. The van der Waals surface area contributed by atoms with E-state index in [1.165, 1.54) is 7.11 Å². The summed E-state index contributed by atoms with van der Waals surface area (Å²) in [4.78, 5) is 23.1. The van der Waals surface area contributed by atoms with E-state index in [4.69, 9.17) is 5.73 Å². The number of para-hydroxylation sites is 1. The van der Waals surface area contributed by atoms with Crippen molar-refractivity contribution >= 4 is 22.8 Å². The number of methoxy groups -OCH3 is 1. The molecule has 2 aromatic rings. The van der Waals surface area contributed by atoms with Gasteiger partial charge in [-0.05, 0) is 30.9 Å². The summed E-state index contributed by atoms with van der Waals surface area (Å²) >= 11 is 0. The van der Waals surface area contributed by atoms with Crippen molar-refractivity contribution in [1.82, 2.24) is 9.88 Å². The van der Waals surface area contributed by atoms with Crippen molar-refractivity contribution in [2.45, 2.75) is 31.7 Å². The number of nitrogens with two attached hydrogens (primary N) is 1. The van der Waals surface area contributed by atoms with Gasteiger partial charge in [0.1, 0.15) is 0 Å². The van der Waals surface area contributed by atoms with Gasteiger partial charge in [0.05, 0.1) is 13.2 Å². The number of carbonyl (C=O) groups is 2. The second kappa shape index (κ2) is 8.49. The lowest BCUT2D eigenvalue weighted by atomic mass is 10.1. The van der Waals surface area contributed by atoms with Gasteiger partial charge in [-0.25, -0.2) is 0 Å². The number of fused-ring (bicyclic) bond motifs is 1. The molecule has 0 saturated carbocycles. The zero-order valence-corrected chi connectivity index (χ0v) is 14.2. The van der Waals surface area contributed by atoms with Crippen LogP contribution in [0.1, 0.15) is 24.8 Å². The molecule has 3 N–H and O–H groups in total. The Morgan fingerprint density at radius 2 is 2.04 bits per heavy atom. The molecule has 130 valence electrons. The summed E-state index contributed by atoms with van der Waals surface area (Å²) in [5, 5.41) is 3.95. The van der Waals surface area contributed by atoms with E-state index in [0.29, 0.717) is 25.8 Å². The number of unbranched alkanes of at least 4 members (excludes halogenated alkanes) is 1. The van der Waals surface area contributed by atoms with Crippen molar-refractivity contribution in [3.8, 4) is 0 Å². The van der Waals surface area contributed by atoms with Crippen molar-refractivity contribution in [2.24, 2.45) is 12.8 Å². The molecule has 0 aliphatic carbocycles. The van der Waals surface area contributed by atoms with Crippen LogP contribution in [0.2, 0.25) is 0 Å². The molecule has 0 aliphatic rings. The Bertz CT molecular complexity index is 709. The van der Waals surface area contributed by atoms with Crippen molar-refractivity contribution in [1.29, 1.82) is 0 Å². The van der Waals surface area contributed by atoms with Gasteiger partial charge in [-0.3, -0.25) is 9.59 Å². The molecule has 6 heteroatoms. The number of rotatable bonds is 8. The normalized spacial score (nSPS) is 12.1. The van der Waals surface area contributed by atoms with Crippen molar-refractivity contribution in [3.63, 3.8) is 0 Å². The quantitative estimate of drug-likeness (QED) is 0.567. The molecule has 1 heterocycles. The Morgan fingerprint density at radius 3 is 2.79 bits per heavy atom. The second-order valence-electron chi connectivity index (χ2n) is 5.92. The molecule has 6 nitrogen and oxygen atoms in total. The van der Waals surface area contributed by atoms with Crippen LogP contribution in [-0.4, -0.2) is 36.1 Å². The van der Waals surface area contributed by atoms with Crippen LogP contribution in [0.4, 0.5) is 0 Å². The maximum absolute atomic E-state index is 12.1. The smallest absolute Gasteiger partial charge is 0.305 e. The van der Waals surface area contributed by atoms with Crippen LogP contribution >= 0.6 is 0 Å². The maximum atomic E-state index is 12.1. The average molecular weight is 331 g/mol. The summed E-state index contributed by atoms with van der Waals surface area (Å²) in [5.41, 5.74) is 8.24. The third-order valence-electron chi connectivity index (χ3n) is 4.09. The second-order valence-corrected chi connectivity index (χ2v) is 5.92. The Morgan fingerprint density at radius 1 is 1.29 bits per heavy atom. The highest BCUT2D eigenvalue weighted by Crippen LogP contribution is 2.21. The summed E-state index contributed by atoms with van der Waals surface area (Å²) in [5.74, 6) is -0.394. The minimum atomic E-state index is -0.587. The lowest BCUT2D eigenvalue weighted by molar-refractivity contribution is -0.140. The van der Waals surface area contributed by atoms with Crippen LogP contribution < -0.4 is 11.1 Å². The average Bonchev–Trinajstić information content (AvgIpc) is 2.90. The first-order chi connectivity index (χ1) is 11.5. The molecule has 1 aromatic carbocycles. The highest BCUT2D eigenvalue weighted by Gasteiger charge is 2.16. The zero-order chi connectivity index (χ0) is 17.5. The number of esters is 1. The zero-order valence-electron chi connectivity index (χ0n) is 14.2. The van der Waals surface area contributed by atoms with E-state index < -0.39 is 6.04 Å². The molecule has 24 heavy (non-hydrogen) atoms. The minimum absolute atomic E-state index is 0.166. The van der Waals surface area contributed by atoms with Gasteiger partial charge in [-0.2, -0.15) is 0 Å². The lowest BCUT2D eigenvalue weighted by Gasteiger charge is -2.11. The van der Waals surface area contributed by atoms with Gasteiger partial charge in [0, 0.05) is 37.1 Å². The van der Waals surface area contributed by atoms with Gasteiger partial charge in [0.2, 0.25) is 5.91 Å². The van der Waals surface area contributed by atoms with E-state index >= 15 is 0 Å². The number of nitrogens with one attached hydrogen (secondary N) is 1. The van der Waals surface area contributed by atoms with E-state index in [1.807, 2.05) is 42.1 Å². The standard InChI is InChI=1S/C18H25N3O3/c1-21-12-13(14-7-3-4-8-16(14)21)11-15(19)18(23)20-10-6-5-9-17(22)24-2/h3-4,7-8,12,15H,5-6,9-11,19H2,1-2H3,(H,20,23)/t15-/m0/s1. The van der Waals surface area contributed by atoms with Gasteiger partial charge >= 0.3 is 5.97 Å². The molecular formula is C18H25N3O3. The van der Waals surface area contributed by atoms with Gasteiger partial charge in [-0.1, -0.05) is 18.2 Å². The van der Waals surface area contributed by atoms with Crippen LogP contribution in [0, 0.1) is 0 Å². The number of amides is 1. The number of hydrogen-bond acceptors (Lipinski definition) is 4. The third kappa shape index (κ3) is 4.58. The van der Waals surface area contributed by atoms with Crippen molar-refractivity contribution < 1.29 is 14.3 Å². The van der Waals surface area contributed by atoms with Crippen LogP contribution in [-0.2, 0) is 27.8 Å². The Hall–Kier alpha value is -2.34. The first-order valence-electron chi connectivity index (χ1n) is 8.16. The topological polar surface area (TPSA) is 86.3 Å². The summed E-state index contributed by atoms with van der Waals surface area (Å²) in [6, 6.07) is 7.48. The van der Waals surface area contributed by atoms with Crippen LogP contribution in [0.25, 0.3) is 10.9 Å². The predicted molar refractivity (Wildman–Crippen MR) is 93.5 cm³/mol. The molecule has 0 spiro atoms. The van der Waals surface area contributed by atoms with Gasteiger partial charge in [-0.15, -0.1) is 0 Å². The van der Waals surface area contributed by atoms with Crippen LogP contribution in [0.15, 0.2) is 30.5 Å². The molecule has 1 aromatic heterocycles. The molecular weight excluding hydrogens is 306 g/mol. The SMILES string of the molecule is COC(=O)CCCCNC(=O)[C@@H](N)Cc1cn(C)c2ccccc12. The molecule has 0 fully saturated rings. The largest absolute Gasteiger partial charge is 0.469 e. The first-order valence-corrected chi connectivity index (χ1v) is 8.16. The van der Waals surface area contributed by atoms with E-state index in [2.05, 4.69) is 10.1 Å². The number of benzene rings is 1. The summed E-state index contributed by atoms with van der Waals surface area (Å²) < 4.78 is 6.62. The summed E-state index contributed by atoms with van der Waals surface area (Å²) in [7, 11) is 3.36. The van der Waals surface area contributed by atoms with Gasteiger partial charge in [0.25, 0.3) is 0 Å². The Kier molecular flexibility index (Phi) is 6.37. The molecule has 2 rings (SSSR count). The molecule has 0 saturated heterocycles. The predicted octanol–water partition coefficient (Wildman–Crippen LogP) is 1.51. The molecule has 1 atom stereocenters. The number of aromatic nitrogens is 1. The summed E-state index contributed by atoms with van der Waals surface area (Å²) in [6.45, 7) is 0.513. The highest BCUT2D eigenvalue weighted by molar-refractivity contribution is 5.86. The summed E-state index contributed by atoms with van der Waals surface area (Å²) in [6.07, 6.45) is 4.30. The van der Waals surface area contributed by atoms with Crippen LogP contribution in [0.3, 0.4) is 0 Å². The van der Waals surface area contributed by atoms with E-state index in [-0.39, 0.29) is 11.9 Å². The van der Waals surface area contributed by atoms with Gasteiger partial charge < -0.3 is 20.4 Å². The highest BCUT2D eigenvalue weighted by atomic mass is 16.5.